The minimum absolute atomic E-state index is 0.193. The summed E-state index contributed by atoms with van der Waals surface area (Å²) in [4.78, 5) is 26.8. The van der Waals surface area contributed by atoms with E-state index in [0.717, 1.165) is 0 Å². The van der Waals surface area contributed by atoms with Crippen molar-refractivity contribution < 1.29 is 23.9 Å². The lowest BCUT2D eigenvalue weighted by molar-refractivity contribution is -0.282. The highest BCUT2D eigenvalue weighted by Crippen LogP contribution is 2.30. The third-order valence-corrected chi connectivity index (χ3v) is 2.26. The number of carbonyl (C=O) groups is 2. The average molecular weight is 231 g/mol. The van der Waals surface area contributed by atoms with E-state index in [1.165, 1.54) is 6.92 Å². The van der Waals surface area contributed by atoms with Crippen molar-refractivity contribution in [2.45, 2.75) is 33.5 Å². The smallest absolute Gasteiger partial charge is 0.342 e. The summed E-state index contributed by atoms with van der Waals surface area (Å²) in [6.45, 7) is 6.84. The number of carbonyl (C=O) groups excluding carboxylic acids is 2. The molecule has 1 aliphatic heterocycles. The van der Waals surface area contributed by atoms with Gasteiger partial charge in [-0.15, -0.1) is 0 Å². The van der Waals surface area contributed by atoms with E-state index in [-0.39, 0.29) is 13.2 Å². The number of amides is 1. The third kappa shape index (κ3) is 3.18. The van der Waals surface area contributed by atoms with Gasteiger partial charge < -0.3 is 14.3 Å². The first-order valence-electron chi connectivity index (χ1n) is 5.01. The van der Waals surface area contributed by atoms with Crippen LogP contribution < -0.4 is 5.48 Å². The molecule has 0 aromatic carbocycles. The van der Waals surface area contributed by atoms with Gasteiger partial charge in [0.15, 0.2) is 5.79 Å². The molecule has 0 aromatic rings. The third-order valence-electron chi connectivity index (χ3n) is 2.26. The quantitative estimate of drug-likeness (QED) is 0.660. The number of hydrogen-bond donors (Lipinski definition) is 1. The lowest BCUT2D eigenvalue weighted by atomic mass is 9.92. The predicted octanol–water partition coefficient (Wildman–Crippen LogP) is 0.370. The summed E-state index contributed by atoms with van der Waals surface area (Å²) in [5.74, 6) is -1.69. The van der Waals surface area contributed by atoms with E-state index >= 15 is 0 Å². The standard InChI is InChI=1S/C10H17NO5/c1-7(12)11-16-8(13)10(4)5-14-9(2,3)15-6-10/h5-6H2,1-4H3,(H,11,12). The molecule has 6 heteroatoms. The van der Waals surface area contributed by atoms with Crippen molar-refractivity contribution in [1.29, 1.82) is 0 Å². The molecule has 92 valence electrons. The SMILES string of the molecule is CC(=O)NOC(=O)C1(C)COC(C)(C)OC1. The Morgan fingerprint density at radius 3 is 2.12 bits per heavy atom. The van der Waals surface area contributed by atoms with Gasteiger partial charge in [0.1, 0.15) is 5.41 Å². The lowest BCUT2D eigenvalue weighted by Crippen LogP contribution is -2.50. The molecule has 1 heterocycles. The van der Waals surface area contributed by atoms with Crippen molar-refractivity contribution in [3.63, 3.8) is 0 Å². The molecule has 0 aliphatic carbocycles. The van der Waals surface area contributed by atoms with Gasteiger partial charge in [-0.3, -0.25) is 4.79 Å². The minimum Gasteiger partial charge on any atom is -0.349 e. The molecule has 1 amide bonds. The first-order chi connectivity index (χ1) is 7.25. The van der Waals surface area contributed by atoms with Gasteiger partial charge in [0.25, 0.3) is 0 Å². The molecular formula is C10H17NO5. The van der Waals surface area contributed by atoms with Crippen molar-refractivity contribution in [2.75, 3.05) is 13.2 Å². The summed E-state index contributed by atoms with van der Waals surface area (Å²) in [5.41, 5.74) is 1.10. The van der Waals surface area contributed by atoms with Crippen LogP contribution in [0, 0.1) is 5.41 Å². The first-order valence-corrected chi connectivity index (χ1v) is 5.01. The molecule has 16 heavy (non-hydrogen) atoms. The fraction of sp³-hybridized carbons (Fsp3) is 0.800. The molecule has 1 saturated heterocycles. The molecule has 0 radical (unpaired) electrons. The average Bonchev–Trinajstić information content (AvgIpc) is 2.19. The Morgan fingerprint density at radius 2 is 1.69 bits per heavy atom. The van der Waals surface area contributed by atoms with Crippen molar-refractivity contribution in [2.24, 2.45) is 5.41 Å². The molecule has 1 fully saturated rings. The van der Waals surface area contributed by atoms with E-state index in [1.807, 2.05) is 5.48 Å². The van der Waals surface area contributed by atoms with Gasteiger partial charge in [-0.05, 0) is 20.8 Å². The summed E-state index contributed by atoms with van der Waals surface area (Å²) in [7, 11) is 0. The topological polar surface area (TPSA) is 73.9 Å². The Morgan fingerprint density at radius 1 is 1.19 bits per heavy atom. The van der Waals surface area contributed by atoms with Crippen LogP contribution in [0.4, 0.5) is 0 Å². The Balaban J connectivity index is 2.52. The summed E-state index contributed by atoms with van der Waals surface area (Å²) in [5, 5.41) is 0. The van der Waals surface area contributed by atoms with E-state index in [2.05, 4.69) is 4.84 Å². The molecular weight excluding hydrogens is 214 g/mol. The Kier molecular flexibility index (Phi) is 3.54. The van der Waals surface area contributed by atoms with Crippen LogP contribution in [0.25, 0.3) is 0 Å². The van der Waals surface area contributed by atoms with Crippen molar-refractivity contribution in [3.05, 3.63) is 0 Å². The summed E-state index contributed by atoms with van der Waals surface area (Å²) < 4.78 is 10.7. The zero-order chi connectivity index (χ0) is 12.4. The van der Waals surface area contributed by atoms with Crippen LogP contribution in [0.5, 0.6) is 0 Å². The molecule has 1 N–H and O–H groups in total. The van der Waals surface area contributed by atoms with Crippen LogP contribution in [0.2, 0.25) is 0 Å². The van der Waals surface area contributed by atoms with Gasteiger partial charge in [0.05, 0.1) is 13.2 Å². The van der Waals surface area contributed by atoms with Crippen molar-refractivity contribution in [3.8, 4) is 0 Å². The maximum absolute atomic E-state index is 11.6. The van der Waals surface area contributed by atoms with E-state index in [0.29, 0.717) is 0 Å². The molecule has 0 saturated carbocycles. The van der Waals surface area contributed by atoms with Crippen LogP contribution >= 0.6 is 0 Å². The van der Waals surface area contributed by atoms with Crippen LogP contribution in [-0.4, -0.2) is 30.9 Å². The van der Waals surface area contributed by atoms with E-state index < -0.39 is 23.1 Å². The van der Waals surface area contributed by atoms with Crippen LogP contribution in [0.15, 0.2) is 0 Å². The van der Waals surface area contributed by atoms with E-state index in [9.17, 15) is 9.59 Å². The normalized spacial score (nSPS) is 22.2. The fourth-order valence-electron chi connectivity index (χ4n) is 1.11. The summed E-state index contributed by atoms with van der Waals surface area (Å²) in [6, 6.07) is 0. The second-order valence-corrected chi connectivity index (χ2v) is 4.59. The van der Waals surface area contributed by atoms with Gasteiger partial charge in [-0.25, -0.2) is 4.79 Å². The number of ether oxygens (including phenoxy) is 2. The van der Waals surface area contributed by atoms with Gasteiger partial charge in [-0.2, -0.15) is 5.48 Å². The zero-order valence-electron chi connectivity index (χ0n) is 9.96. The summed E-state index contributed by atoms with van der Waals surface area (Å²) in [6.07, 6.45) is 0. The number of nitrogens with one attached hydrogen (secondary N) is 1. The molecule has 6 nitrogen and oxygen atoms in total. The van der Waals surface area contributed by atoms with Crippen molar-refractivity contribution in [1.82, 2.24) is 5.48 Å². The van der Waals surface area contributed by atoms with Gasteiger partial charge in [0, 0.05) is 6.92 Å². The molecule has 0 aromatic heterocycles. The lowest BCUT2D eigenvalue weighted by Gasteiger charge is -2.39. The monoisotopic (exact) mass is 231 g/mol. The Hall–Kier alpha value is -1.14. The number of rotatable bonds is 1. The van der Waals surface area contributed by atoms with E-state index in [4.69, 9.17) is 9.47 Å². The zero-order valence-corrected chi connectivity index (χ0v) is 9.96. The largest absolute Gasteiger partial charge is 0.349 e. The van der Waals surface area contributed by atoms with Gasteiger partial charge in [-0.1, -0.05) is 0 Å². The maximum Gasteiger partial charge on any atom is 0.342 e. The molecule has 1 rings (SSSR count). The Labute approximate surface area is 94.2 Å². The first kappa shape index (κ1) is 12.9. The maximum atomic E-state index is 11.6. The number of hydroxylamine groups is 1. The molecule has 0 spiro atoms. The Bertz CT molecular complexity index is 290. The predicted molar refractivity (Wildman–Crippen MR) is 54.0 cm³/mol. The second-order valence-electron chi connectivity index (χ2n) is 4.59. The number of hydrogen-bond acceptors (Lipinski definition) is 5. The van der Waals surface area contributed by atoms with Crippen LogP contribution in [0.3, 0.4) is 0 Å². The highest BCUT2D eigenvalue weighted by Gasteiger charge is 2.43. The highest BCUT2D eigenvalue weighted by molar-refractivity contribution is 5.79. The fourth-order valence-corrected chi connectivity index (χ4v) is 1.11. The molecule has 0 bridgehead atoms. The minimum atomic E-state index is -0.891. The van der Waals surface area contributed by atoms with Crippen LogP contribution in [-0.2, 0) is 23.9 Å². The molecule has 0 unspecified atom stereocenters. The van der Waals surface area contributed by atoms with Crippen molar-refractivity contribution >= 4 is 11.9 Å². The summed E-state index contributed by atoms with van der Waals surface area (Å²) >= 11 is 0. The van der Waals surface area contributed by atoms with Gasteiger partial charge >= 0.3 is 5.97 Å². The van der Waals surface area contributed by atoms with Crippen LogP contribution in [0.1, 0.15) is 27.7 Å². The second kappa shape index (κ2) is 4.39. The van der Waals surface area contributed by atoms with E-state index in [1.54, 1.807) is 20.8 Å². The molecule has 0 atom stereocenters. The molecule has 1 aliphatic rings. The van der Waals surface area contributed by atoms with Gasteiger partial charge in [0.2, 0.25) is 5.91 Å². The highest BCUT2D eigenvalue weighted by atomic mass is 16.7.